The van der Waals surface area contributed by atoms with Crippen molar-refractivity contribution in [3.8, 4) is 0 Å². The summed E-state index contributed by atoms with van der Waals surface area (Å²) in [6.07, 6.45) is 4.61. The lowest BCUT2D eigenvalue weighted by Gasteiger charge is -2.23. The van der Waals surface area contributed by atoms with Crippen LogP contribution in [0.25, 0.3) is 0 Å². The molecule has 0 aromatic carbocycles. The van der Waals surface area contributed by atoms with Crippen LogP contribution in [0.5, 0.6) is 0 Å². The summed E-state index contributed by atoms with van der Waals surface area (Å²) in [5.41, 5.74) is 1.58. The molecule has 4 heteroatoms. The minimum atomic E-state index is 0.752. The molecule has 1 atom stereocenters. The molecule has 1 aliphatic heterocycles. The monoisotopic (exact) mass is 235 g/mol. The number of aldehydes is 1. The van der Waals surface area contributed by atoms with E-state index < -0.39 is 0 Å². The molecule has 0 N–H and O–H groups in total. The van der Waals surface area contributed by atoms with Gasteiger partial charge in [-0.2, -0.15) is 5.10 Å². The molecule has 1 fully saturated rings. The van der Waals surface area contributed by atoms with Gasteiger partial charge in [-0.25, -0.2) is 0 Å². The van der Waals surface area contributed by atoms with E-state index in [2.05, 4.69) is 16.9 Å². The Morgan fingerprint density at radius 3 is 2.82 bits per heavy atom. The lowest BCUT2D eigenvalue weighted by atomic mass is 10.0. The minimum Gasteiger partial charge on any atom is -0.356 e. The highest BCUT2D eigenvalue weighted by Gasteiger charge is 2.21. The smallest absolute Gasteiger partial charge is 0.155 e. The van der Waals surface area contributed by atoms with Gasteiger partial charge in [-0.15, -0.1) is 0 Å². The molecule has 94 valence electrons. The van der Waals surface area contributed by atoms with Crippen LogP contribution in [0.3, 0.4) is 0 Å². The zero-order chi connectivity index (χ0) is 12.4. The Labute approximate surface area is 103 Å². The molecule has 0 radical (unpaired) electrons. The van der Waals surface area contributed by atoms with Crippen molar-refractivity contribution in [2.45, 2.75) is 33.1 Å². The van der Waals surface area contributed by atoms with Gasteiger partial charge in [0, 0.05) is 20.1 Å². The van der Waals surface area contributed by atoms with Gasteiger partial charge < -0.3 is 4.90 Å². The average molecular weight is 235 g/mol. The number of nitrogens with zero attached hydrogens (tertiary/aromatic N) is 3. The van der Waals surface area contributed by atoms with Crippen LogP contribution in [-0.2, 0) is 7.05 Å². The molecule has 1 saturated heterocycles. The van der Waals surface area contributed by atoms with Gasteiger partial charge in [0.2, 0.25) is 0 Å². The quantitative estimate of drug-likeness (QED) is 0.737. The molecule has 17 heavy (non-hydrogen) atoms. The van der Waals surface area contributed by atoms with Gasteiger partial charge in [-0.1, -0.05) is 6.92 Å². The van der Waals surface area contributed by atoms with Gasteiger partial charge in [0.25, 0.3) is 0 Å². The van der Waals surface area contributed by atoms with Crippen LogP contribution in [-0.4, -0.2) is 29.2 Å². The number of carbonyl (C=O) groups is 1. The molecule has 2 rings (SSSR count). The zero-order valence-corrected chi connectivity index (χ0v) is 10.9. The fourth-order valence-corrected chi connectivity index (χ4v) is 2.65. The summed E-state index contributed by atoms with van der Waals surface area (Å²) in [4.78, 5) is 13.5. The molecule has 4 nitrogen and oxygen atoms in total. The Bertz CT molecular complexity index is 411. The van der Waals surface area contributed by atoms with Crippen LogP contribution >= 0.6 is 0 Å². The van der Waals surface area contributed by atoms with Crippen LogP contribution < -0.4 is 4.90 Å². The molecular formula is C13H21N3O. The first-order valence-electron chi connectivity index (χ1n) is 6.37. The van der Waals surface area contributed by atoms with Crippen molar-refractivity contribution in [3.05, 3.63) is 11.3 Å². The van der Waals surface area contributed by atoms with Crippen molar-refractivity contribution in [2.24, 2.45) is 13.0 Å². The van der Waals surface area contributed by atoms with Crippen molar-refractivity contribution in [1.29, 1.82) is 0 Å². The molecule has 2 heterocycles. The SMILES string of the molecule is Cc1nn(C)c(N2CCCC(C)CC2)c1C=O. The number of carbonyl (C=O) groups excluding carboxylic acids is 1. The Balaban J connectivity index is 2.29. The van der Waals surface area contributed by atoms with E-state index in [9.17, 15) is 4.79 Å². The lowest BCUT2D eigenvalue weighted by Crippen LogP contribution is -2.27. The highest BCUT2D eigenvalue weighted by atomic mass is 16.1. The van der Waals surface area contributed by atoms with E-state index >= 15 is 0 Å². The van der Waals surface area contributed by atoms with E-state index in [-0.39, 0.29) is 0 Å². The Morgan fingerprint density at radius 2 is 2.12 bits per heavy atom. The maximum absolute atomic E-state index is 11.2. The highest BCUT2D eigenvalue weighted by Crippen LogP contribution is 2.26. The third kappa shape index (κ3) is 2.35. The van der Waals surface area contributed by atoms with Gasteiger partial charge in [0.1, 0.15) is 5.82 Å². The summed E-state index contributed by atoms with van der Waals surface area (Å²) < 4.78 is 1.84. The van der Waals surface area contributed by atoms with Crippen LogP contribution in [0.15, 0.2) is 0 Å². The van der Waals surface area contributed by atoms with E-state index in [0.29, 0.717) is 0 Å². The molecule has 0 bridgehead atoms. The summed E-state index contributed by atoms with van der Waals surface area (Å²) in [6.45, 7) is 6.26. The normalized spacial score (nSPS) is 21.4. The number of rotatable bonds is 2. The number of hydrogen-bond donors (Lipinski definition) is 0. The molecule has 1 aromatic rings. The highest BCUT2D eigenvalue weighted by molar-refractivity contribution is 5.84. The third-order valence-corrected chi connectivity index (χ3v) is 3.67. The largest absolute Gasteiger partial charge is 0.356 e. The van der Waals surface area contributed by atoms with E-state index in [1.807, 2.05) is 18.7 Å². The predicted molar refractivity (Wildman–Crippen MR) is 68.6 cm³/mol. The van der Waals surface area contributed by atoms with Gasteiger partial charge in [-0.3, -0.25) is 9.48 Å². The topological polar surface area (TPSA) is 38.1 Å². The Kier molecular flexibility index (Phi) is 3.50. The molecular weight excluding hydrogens is 214 g/mol. The summed E-state index contributed by atoms with van der Waals surface area (Å²) in [7, 11) is 1.92. The standard InChI is InChI=1S/C13H21N3O/c1-10-5-4-7-16(8-6-10)13-12(9-17)11(2)14-15(13)3/h9-10H,4-8H2,1-3H3. The summed E-state index contributed by atoms with van der Waals surface area (Å²) >= 11 is 0. The second kappa shape index (κ2) is 4.90. The summed E-state index contributed by atoms with van der Waals surface area (Å²) in [5.74, 6) is 1.78. The first-order valence-corrected chi connectivity index (χ1v) is 6.37. The van der Waals surface area contributed by atoms with E-state index in [1.54, 1.807) is 0 Å². The third-order valence-electron chi connectivity index (χ3n) is 3.67. The van der Waals surface area contributed by atoms with E-state index in [4.69, 9.17) is 0 Å². The second-order valence-corrected chi connectivity index (χ2v) is 5.09. The number of anilines is 1. The average Bonchev–Trinajstić information content (AvgIpc) is 2.46. The van der Waals surface area contributed by atoms with Crippen molar-refractivity contribution in [3.63, 3.8) is 0 Å². The minimum absolute atomic E-state index is 0.752. The summed E-state index contributed by atoms with van der Waals surface area (Å²) in [6, 6.07) is 0. The van der Waals surface area contributed by atoms with E-state index in [1.165, 1.54) is 19.3 Å². The second-order valence-electron chi connectivity index (χ2n) is 5.09. The Morgan fingerprint density at radius 1 is 1.35 bits per heavy atom. The van der Waals surface area contributed by atoms with Gasteiger partial charge >= 0.3 is 0 Å². The van der Waals surface area contributed by atoms with Crippen LogP contribution in [0.1, 0.15) is 42.2 Å². The lowest BCUT2D eigenvalue weighted by molar-refractivity contribution is 0.112. The number of aromatic nitrogens is 2. The molecule has 0 saturated carbocycles. The molecule has 0 amide bonds. The van der Waals surface area contributed by atoms with Crippen molar-refractivity contribution < 1.29 is 4.79 Å². The molecule has 1 unspecified atom stereocenters. The van der Waals surface area contributed by atoms with Crippen LogP contribution in [0, 0.1) is 12.8 Å². The predicted octanol–water partition coefficient (Wildman–Crippen LogP) is 2.17. The molecule has 1 aromatic heterocycles. The van der Waals surface area contributed by atoms with Crippen molar-refractivity contribution in [1.82, 2.24) is 9.78 Å². The molecule has 0 spiro atoms. The molecule has 0 aliphatic carbocycles. The van der Waals surface area contributed by atoms with Crippen molar-refractivity contribution in [2.75, 3.05) is 18.0 Å². The van der Waals surface area contributed by atoms with Gasteiger partial charge in [0.05, 0.1) is 11.3 Å². The van der Waals surface area contributed by atoms with E-state index in [0.717, 1.165) is 42.4 Å². The number of hydrogen-bond acceptors (Lipinski definition) is 3. The maximum Gasteiger partial charge on any atom is 0.155 e. The maximum atomic E-state index is 11.2. The fourth-order valence-electron chi connectivity index (χ4n) is 2.65. The van der Waals surface area contributed by atoms with Crippen LogP contribution in [0.4, 0.5) is 5.82 Å². The first kappa shape index (κ1) is 12.1. The zero-order valence-electron chi connectivity index (χ0n) is 10.9. The first-order chi connectivity index (χ1) is 8.13. The number of aryl methyl sites for hydroxylation is 2. The summed E-state index contributed by atoms with van der Waals surface area (Å²) in [5, 5.41) is 4.35. The van der Waals surface area contributed by atoms with Crippen LogP contribution in [0.2, 0.25) is 0 Å². The molecule has 1 aliphatic rings. The Hall–Kier alpha value is -1.32. The fraction of sp³-hybridized carbons (Fsp3) is 0.692. The van der Waals surface area contributed by atoms with Gasteiger partial charge in [-0.05, 0) is 32.1 Å². The van der Waals surface area contributed by atoms with Crippen molar-refractivity contribution >= 4 is 12.1 Å². The van der Waals surface area contributed by atoms with Gasteiger partial charge in [0.15, 0.2) is 6.29 Å².